The minimum absolute atomic E-state index is 0.277. The zero-order chi connectivity index (χ0) is 13.1. The molecule has 2 N–H and O–H groups in total. The summed E-state index contributed by atoms with van der Waals surface area (Å²) in [6, 6.07) is 6.94. The van der Waals surface area contributed by atoms with Crippen molar-refractivity contribution < 1.29 is 0 Å². The number of hydrogen-bond donors (Lipinski definition) is 1. The van der Waals surface area contributed by atoms with E-state index in [0.717, 1.165) is 25.8 Å². The van der Waals surface area contributed by atoms with Crippen LogP contribution in [-0.2, 0) is 19.4 Å². The van der Waals surface area contributed by atoms with Crippen LogP contribution >= 0.6 is 0 Å². The van der Waals surface area contributed by atoms with Crippen LogP contribution in [0.4, 0.5) is 0 Å². The second-order valence-electron chi connectivity index (χ2n) is 5.12. The number of aromatic nitrogens is 1. The molecule has 98 valence electrons. The second kappa shape index (κ2) is 5.57. The summed E-state index contributed by atoms with van der Waals surface area (Å²) >= 11 is 0. The highest BCUT2D eigenvalue weighted by atomic mass is 14.9. The summed E-state index contributed by atoms with van der Waals surface area (Å²) in [5.74, 6) is 0. The van der Waals surface area contributed by atoms with Gasteiger partial charge in [-0.3, -0.25) is 0 Å². The zero-order valence-corrected chi connectivity index (χ0v) is 11.7. The second-order valence-corrected chi connectivity index (χ2v) is 5.12. The number of hydrogen-bond acceptors (Lipinski definition) is 1. The van der Waals surface area contributed by atoms with Crippen LogP contribution in [0.1, 0.15) is 38.3 Å². The first-order chi connectivity index (χ1) is 8.67. The lowest BCUT2D eigenvalue weighted by molar-refractivity contribution is 0.665. The molecule has 1 aromatic carbocycles. The van der Waals surface area contributed by atoms with Crippen LogP contribution in [0.3, 0.4) is 0 Å². The average molecular weight is 244 g/mol. The van der Waals surface area contributed by atoms with E-state index in [2.05, 4.69) is 49.7 Å². The molecule has 0 radical (unpaired) electrons. The highest BCUT2D eigenvalue weighted by Gasteiger charge is 2.10. The summed E-state index contributed by atoms with van der Waals surface area (Å²) in [6.45, 7) is 7.55. The van der Waals surface area contributed by atoms with Crippen molar-refractivity contribution >= 4 is 10.9 Å². The zero-order valence-electron chi connectivity index (χ0n) is 11.7. The molecule has 18 heavy (non-hydrogen) atoms. The summed E-state index contributed by atoms with van der Waals surface area (Å²) < 4.78 is 2.38. The Labute approximate surface area is 110 Å². The van der Waals surface area contributed by atoms with E-state index in [1.54, 1.807) is 0 Å². The standard InChI is InChI=1S/C16H24N2/c1-4-13-7-6-8-15-14(10-9-12(3)17)11-18(5-2)16(13)15/h6-8,11-12H,4-5,9-10,17H2,1-3H3/t12-/m0/s1. The molecule has 0 saturated heterocycles. The highest BCUT2D eigenvalue weighted by molar-refractivity contribution is 5.87. The molecule has 1 atom stereocenters. The van der Waals surface area contributed by atoms with Crippen molar-refractivity contribution in [2.24, 2.45) is 5.73 Å². The highest BCUT2D eigenvalue weighted by Crippen LogP contribution is 2.26. The molecule has 0 aliphatic carbocycles. The molecule has 2 heteroatoms. The first-order valence-corrected chi connectivity index (χ1v) is 7.02. The monoisotopic (exact) mass is 244 g/mol. The van der Waals surface area contributed by atoms with Crippen LogP contribution in [0.5, 0.6) is 0 Å². The van der Waals surface area contributed by atoms with Gasteiger partial charge in [-0.1, -0.05) is 25.1 Å². The van der Waals surface area contributed by atoms with Crippen molar-refractivity contribution in [3.8, 4) is 0 Å². The van der Waals surface area contributed by atoms with Crippen LogP contribution in [0, 0.1) is 0 Å². The first-order valence-electron chi connectivity index (χ1n) is 7.02. The van der Waals surface area contributed by atoms with Gasteiger partial charge in [-0.25, -0.2) is 0 Å². The predicted octanol–water partition coefficient (Wildman–Crippen LogP) is 3.50. The molecule has 0 fully saturated rings. The van der Waals surface area contributed by atoms with E-state index in [9.17, 15) is 0 Å². The third-order valence-corrected chi connectivity index (χ3v) is 3.66. The molecule has 0 bridgehead atoms. The van der Waals surface area contributed by atoms with Crippen molar-refractivity contribution in [2.45, 2.75) is 52.6 Å². The summed E-state index contributed by atoms with van der Waals surface area (Å²) in [6.07, 6.45) is 5.54. The van der Waals surface area contributed by atoms with E-state index in [1.807, 2.05) is 0 Å². The molecule has 0 unspecified atom stereocenters. The average Bonchev–Trinajstić information content (AvgIpc) is 2.74. The van der Waals surface area contributed by atoms with Gasteiger partial charge in [0, 0.05) is 24.2 Å². The lowest BCUT2D eigenvalue weighted by Crippen LogP contribution is -2.15. The minimum atomic E-state index is 0.277. The minimum Gasteiger partial charge on any atom is -0.347 e. The van der Waals surface area contributed by atoms with E-state index >= 15 is 0 Å². The van der Waals surface area contributed by atoms with E-state index < -0.39 is 0 Å². The molecule has 0 spiro atoms. The van der Waals surface area contributed by atoms with E-state index in [1.165, 1.54) is 22.0 Å². The summed E-state index contributed by atoms with van der Waals surface area (Å²) in [4.78, 5) is 0. The molecule has 1 aromatic heterocycles. The SMILES string of the molecule is CCc1cccc2c(CC[C@H](C)N)cn(CC)c12. The maximum Gasteiger partial charge on any atom is 0.0515 e. The number of nitrogens with two attached hydrogens (primary N) is 1. The number of aryl methyl sites for hydroxylation is 3. The number of fused-ring (bicyclic) bond motifs is 1. The lowest BCUT2D eigenvalue weighted by Gasteiger charge is -2.05. The fourth-order valence-corrected chi connectivity index (χ4v) is 2.63. The largest absolute Gasteiger partial charge is 0.347 e. The fraction of sp³-hybridized carbons (Fsp3) is 0.500. The van der Waals surface area contributed by atoms with Crippen molar-refractivity contribution in [3.05, 3.63) is 35.5 Å². The molecule has 2 aromatic rings. The van der Waals surface area contributed by atoms with Crippen LogP contribution in [0.25, 0.3) is 10.9 Å². The Morgan fingerprint density at radius 2 is 2.00 bits per heavy atom. The van der Waals surface area contributed by atoms with Gasteiger partial charge in [0.05, 0.1) is 5.52 Å². The lowest BCUT2D eigenvalue weighted by atomic mass is 10.0. The van der Waals surface area contributed by atoms with E-state index in [-0.39, 0.29) is 6.04 Å². The van der Waals surface area contributed by atoms with Crippen LogP contribution in [0.15, 0.2) is 24.4 Å². The quantitative estimate of drug-likeness (QED) is 0.857. The Morgan fingerprint density at radius 1 is 1.22 bits per heavy atom. The molecule has 0 saturated carbocycles. The van der Waals surface area contributed by atoms with Crippen LogP contribution in [0.2, 0.25) is 0 Å². The molecule has 0 aliphatic heterocycles. The maximum absolute atomic E-state index is 5.87. The predicted molar refractivity (Wildman–Crippen MR) is 79.0 cm³/mol. The number of benzene rings is 1. The molecule has 2 rings (SSSR count). The van der Waals surface area contributed by atoms with Gasteiger partial charge in [-0.15, -0.1) is 0 Å². The van der Waals surface area contributed by atoms with Crippen molar-refractivity contribution in [3.63, 3.8) is 0 Å². The summed E-state index contributed by atoms with van der Waals surface area (Å²) in [7, 11) is 0. The van der Waals surface area contributed by atoms with Crippen LogP contribution < -0.4 is 5.73 Å². The molecular weight excluding hydrogens is 220 g/mol. The third kappa shape index (κ3) is 2.44. The Morgan fingerprint density at radius 3 is 2.61 bits per heavy atom. The van der Waals surface area contributed by atoms with Gasteiger partial charge in [0.2, 0.25) is 0 Å². The van der Waals surface area contributed by atoms with Gasteiger partial charge in [0.25, 0.3) is 0 Å². The van der Waals surface area contributed by atoms with Gasteiger partial charge in [-0.05, 0) is 44.2 Å². The molecular formula is C16H24N2. The first kappa shape index (κ1) is 13.2. The Hall–Kier alpha value is -1.28. The Kier molecular flexibility index (Phi) is 4.07. The Balaban J connectivity index is 2.48. The number of rotatable bonds is 5. The number of nitrogens with zero attached hydrogens (tertiary/aromatic N) is 1. The van der Waals surface area contributed by atoms with Crippen molar-refractivity contribution in [1.29, 1.82) is 0 Å². The third-order valence-electron chi connectivity index (χ3n) is 3.66. The van der Waals surface area contributed by atoms with Gasteiger partial charge >= 0.3 is 0 Å². The van der Waals surface area contributed by atoms with Crippen molar-refractivity contribution in [1.82, 2.24) is 4.57 Å². The Bertz CT molecular complexity index is 523. The molecule has 0 aliphatic rings. The van der Waals surface area contributed by atoms with Gasteiger partial charge in [0.15, 0.2) is 0 Å². The smallest absolute Gasteiger partial charge is 0.0515 e. The fourth-order valence-electron chi connectivity index (χ4n) is 2.63. The number of para-hydroxylation sites is 1. The summed E-state index contributed by atoms with van der Waals surface area (Å²) in [5.41, 5.74) is 10.2. The van der Waals surface area contributed by atoms with Crippen LogP contribution in [-0.4, -0.2) is 10.6 Å². The molecule has 2 nitrogen and oxygen atoms in total. The van der Waals surface area contributed by atoms with Gasteiger partial charge < -0.3 is 10.3 Å². The molecule has 1 heterocycles. The topological polar surface area (TPSA) is 30.9 Å². The molecule has 0 amide bonds. The van der Waals surface area contributed by atoms with Crippen molar-refractivity contribution in [2.75, 3.05) is 0 Å². The van der Waals surface area contributed by atoms with E-state index in [0.29, 0.717) is 0 Å². The normalized spacial score (nSPS) is 13.1. The maximum atomic E-state index is 5.87. The summed E-state index contributed by atoms with van der Waals surface area (Å²) in [5, 5.41) is 1.41. The van der Waals surface area contributed by atoms with Gasteiger partial charge in [-0.2, -0.15) is 0 Å². The van der Waals surface area contributed by atoms with Gasteiger partial charge in [0.1, 0.15) is 0 Å². The van der Waals surface area contributed by atoms with E-state index in [4.69, 9.17) is 5.73 Å².